The van der Waals surface area contributed by atoms with E-state index in [0.717, 1.165) is 21.6 Å². The predicted octanol–water partition coefficient (Wildman–Crippen LogP) is 4.43. The molecule has 3 aromatic rings. The van der Waals surface area contributed by atoms with Gasteiger partial charge in [-0.2, -0.15) is 0 Å². The highest BCUT2D eigenvalue weighted by Gasteiger charge is 2.28. The second kappa shape index (κ2) is 7.62. The molecule has 0 N–H and O–H groups in total. The average molecular weight is 401 g/mol. The van der Waals surface area contributed by atoms with Gasteiger partial charge in [-0.25, -0.2) is 28.0 Å². The van der Waals surface area contributed by atoms with E-state index in [1.807, 2.05) is 0 Å². The maximum absolute atomic E-state index is 14.4. The zero-order chi connectivity index (χ0) is 21.3. The number of nitrogens with zero attached hydrogens (tertiary/aromatic N) is 3. The summed E-state index contributed by atoms with van der Waals surface area (Å²) >= 11 is 0. The molecule has 0 unspecified atom stereocenters. The van der Waals surface area contributed by atoms with Crippen molar-refractivity contribution < 1.29 is 18.3 Å². The minimum atomic E-state index is -0.893. The van der Waals surface area contributed by atoms with E-state index in [-0.39, 0.29) is 12.5 Å². The van der Waals surface area contributed by atoms with Crippen LogP contribution in [0.4, 0.5) is 19.5 Å². The van der Waals surface area contributed by atoms with E-state index in [1.54, 1.807) is 58.0 Å². The van der Waals surface area contributed by atoms with Gasteiger partial charge in [0.05, 0.1) is 5.69 Å². The third-order valence-corrected chi connectivity index (χ3v) is 4.09. The Morgan fingerprint density at radius 1 is 1.10 bits per heavy atom. The zero-order valence-electron chi connectivity index (χ0n) is 16.6. The predicted molar refractivity (Wildman–Crippen MR) is 107 cm³/mol. The standard InChI is InChI=1S/C21H21F2N3O3/c1-5-25(20(28)29-21(2,3)4)19-24-17-15(23)12-11-14(22)16(17)18(27)26(19)13-9-7-6-8-10-13/h6-12H,5H2,1-4H3. The molecule has 8 heteroatoms. The molecule has 0 saturated carbocycles. The molecule has 0 radical (unpaired) electrons. The number of hydrogen-bond donors (Lipinski definition) is 0. The summed E-state index contributed by atoms with van der Waals surface area (Å²) < 4.78 is 35.3. The Labute approximate surface area is 166 Å². The number of anilines is 1. The average Bonchev–Trinajstić information content (AvgIpc) is 2.64. The Kier molecular flexibility index (Phi) is 5.37. The fraction of sp³-hybridized carbons (Fsp3) is 0.286. The number of halogens is 2. The van der Waals surface area contributed by atoms with Gasteiger partial charge in [0.15, 0.2) is 0 Å². The molecule has 0 aliphatic rings. The van der Waals surface area contributed by atoms with Crippen molar-refractivity contribution in [3.8, 4) is 5.69 Å². The van der Waals surface area contributed by atoms with E-state index in [4.69, 9.17) is 4.74 Å². The second-order valence-electron chi connectivity index (χ2n) is 7.37. The summed E-state index contributed by atoms with van der Waals surface area (Å²) in [5.41, 5.74) is -1.71. The maximum atomic E-state index is 14.4. The van der Waals surface area contributed by atoms with Crippen LogP contribution in [0.5, 0.6) is 0 Å². The van der Waals surface area contributed by atoms with Crippen LogP contribution < -0.4 is 10.5 Å². The first-order valence-electron chi connectivity index (χ1n) is 9.10. The molecule has 152 valence electrons. The molecule has 6 nitrogen and oxygen atoms in total. The Morgan fingerprint density at radius 3 is 2.31 bits per heavy atom. The lowest BCUT2D eigenvalue weighted by Crippen LogP contribution is -2.40. The van der Waals surface area contributed by atoms with Crippen molar-refractivity contribution in [3.05, 3.63) is 64.5 Å². The quantitative estimate of drug-likeness (QED) is 0.652. The van der Waals surface area contributed by atoms with Crippen LogP contribution in [0, 0.1) is 11.6 Å². The highest BCUT2D eigenvalue weighted by atomic mass is 19.1. The van der Waals surface area contributed by atoms with Crippen LogP contribution in [-0.2, 0) is 4.74 Å². The van der Waals surface area contributed by atoms with E-state index in [1.165, 1.54) is 0 Å². The number of para-hydroxylation sites is 1. The van der Waals surface area contributed by atoms with E-state index in [2.05, 4.69) is 4.98 Å². The van der Waals surface area contributed by atoms with Crippen molar-refractivity contribution in [3.63, 3.8) is 0 Å². The van der Waals surface area contributed by atoms with Crippen LogP contribution >= 0.6 is 0 Å². The highest BCUT2D eigenvalue weighted by molar-refractivity contribution is 5.88. The Morgan fingerprint density at radius 2 is 1.72 bits per heavy atom. The monoisotopic (exact) mass is 401 g/mol. The first kappa shape index (κ1) is 20.4. The van der Waals surface area contributed by atoms with Crippen LogP contribution in [0.2, 0.25) is 0 Å². The lowest BCUT2D eigenvalue weighted by molar-refractivity contribution is 0.0579. The summed E-state index contributed by atoms with van der Waals surface area (Å²) in [4.78, 5) is 31.2. The number of ether oxygens (including phenoxy) is 1. The largest absolute Gasteiger partial charge is 0.443 e. The molecule has 2 aromatic carbocycles. The van der Waals surface area contributed by atoms with E-state index < -0.39 is 39.8 Å². The van der Waals surface area contributed by atoms with Gasteiger partial charge in [-0.15, -0.1) is 0 Å². The summed E-state index contributed by atoms with van der Waals surface area (Å²) in [5, 5.41) is -0.488. The van der Waals surface area contributed by atoms with E-state index >= 15 is 0 Å². The highest BCUT2D eigenvalue weighted by Crippen LogP contribution is 2.24. The Bertz CT molecular complexity index is 1120. The summed E-state index contributed by atoms with van der Waals surface area (Å²) in [6.07, 6.45) is -0.757. The molecular weight excluding hydrogens is 380 g/mol. The third kappa shape index (κ3) is 3.96. The van der Waals surface area contributed by atoms with Crippen LogP contribution in [-0.4, -0.2) is 27.8 Å². The van der Waals surface area contributed by atoms with Gasteiger partial charge in [-0.05, 0) is 52.0 Å². The number of aromatic nitrogens is 2. The number of amides is 1. The smallest absolute Gasteiger partial charge is 0.417 e. The lowest BCUT2D eigenvalue weighted by Gasteiger charge is -2.27. The molecular formula is C21H21F2N3O3. The van der Waals surface area contributed by atoms with Crippen molar-refractivity contribution in [2.24, 2.45) is 0 Å². The first-order chi connectivity index (χ1) is 13.6. The molecule has 0 bridgehead atoms. The Balaban J connectivity index is 2.36. The van der Waals surface area contributed by atoms with Crippen molar-refractivity contribution in [1.29, 1.82) is 0 Å². The zero-order valence-corrected chi connectivity index (χ0v) is 16.6. The number of carbonyl (C=O) groups excluding carboxylic acids is 1. The molecule has 29 heavy (non-hydrogen) atoms. The maximum Gasteiger partial charge on any atom is 0.417 e. The minimum absolute atomic E-state index is 0.0939. The van der Waals surface area contributed by atoms with Gasteiger partial charge in [-0.1, -0.05) is 18.2 Å². The van der Waals surface area contributed by atoms with Gasteiger partial charge < -0.3 is 4.74 Å². The number of hydrogen-bond acceptors (Lipinski definition) is 4. The SMILES string of the molecule is CCN(C(=O)OC(C)(C)C)c1nc2c(F)ccc(F)c2c(=O)n1-c1ccccc1. The van der Waals surface area contributed by atoms with Crippen LogP contribution in [0.1, 0.15) is 27.7 Å². The van der Waals surface area contributed by atoms with E-state index in [9.17, 15) is 18.4 Å². The van der Waals surface area contributed by atoms with Crippen molar-refractivity contribution in [1.82, 2.24) is 9.55 Å². The lowest BCUT2D eigenvalue weighted by atomic mass is 10.2. The van der Waals surface area contributed by atoms with Crippen molar-refractivity contribution >= 4 is 22.9 Å². The molecule has 0 aliphatic carbocycles. The second-order valence-corrected chi connectivity index (χ2v) is 7.37. The molecule has 0 aliphatic heterocycles. The van der Waals surface area contributed by atoms with Gasteiger partial charge in [0, 0.05) is 6.54 Å². The fourth-order valence-electron chi connectivity index (χ4n) is 2.87. The first-order valence-corrected chi connectivity index (χ1v) is 9.10. The van der Waals surface area contributed by atoms with Crippen LogP contribution in [0.15, 0.2) is 47.3 Å². The summed E-state index contributed by atoms with van der Waals surface area (Å²) in [5.74, 6) is -1.91. The molecule has 1 heterocycles. The van der Waals surface area contributed by atoms with E-state index in [0.29, 0.717) is 5.69 Å². The molecule has 3 rings (SSSR count). The molecule has 0 spiro atoms. The molecule has 1 amide bonds. The number of benzene rings is 2. The van der Waals surface area contributed by atoms with Crippen LogP contribution in [0.25, 0.3) is 16.6 Å². The van der Waals surface area contributed by atoms with Crippen molar-refractivity contribution in [2.45, 2.75) is 33.3 Å². The van der Waals surface area contributed by atoms with Gasteiger partial charge in [-0.3, -0.25) is 4.79 Å². The molecule has 0 atom stereocenters. The molecule has 1 aromatic heterocycles. The van der Waals surface area contributed by atoms with Gasteiger partial charge >= 0.3 is 6.09 Å². The fourth-order valence-corrected chi connectivity index (χ4v) is 2.87. The minimum Gasteiger partial charge on any atom is -0.443 e. The molecule has 0 fully saturated rings. The third-order valence-electron chi connectivity index (χ3n) is 4.09. The summed E-state index contributed by atoms with van der Waals surface area (Å²) in [6.45, 7) is 6.86. The Hall–Kier alpha value is -3.29. The summed E-state index contributed by atoms with van der Waals surface area (Å²) in [6, 6.07) is 10.1. The number of rotatable bonds is 3. The molecule has 0 saturated heterocycles. The number of carbonyl (C=O) groups is 1. The topological polar surface area (TPSA) is 64.4 Å². The van der Waals surface area contributed by atoms with Crippen LogP contribution in [0.3, 0.4) is 0 Å². The summed E-state index contributed by atoms with van der Waals surface area (Å²) in [7, 11) is 0. The van der Waals surface area contributed by atoms with Gasteiger partial charge in [0.1, 0.15) is 28.1 Å². The number of fused-ring (bicyclic) bond motifs is 1. The van der Waals surface area contributed by atoms with Crippen molar-refractivity contribution in [2.75, 3.05) is 11.4 Å². The van der Waals surface area contributed by atoms with Gasteiger partial charge in [0.2, 0.25) is 5.95 Å². The normalized spacial score (nSPS) is 11.5. The van der Waals surface area contributed by atoms with Gasteiger partial charge in [0.25, 0.3) is 5.56 Å².